The minimum atomic E-state index is 0.563. The van der Waals surface area contributed by atoms with Gasteiger partial charge in [-0.1, -0.05) is 42.5 Å². The van der Waals surface area contributed by atoms with Crippen molar-refractivity contribution in [2.45, 2.75) is 26.2 Å². The second-order valence-electron chi connectivity index (χ2n) is 7.80. The Balaban J connectivity index is 1.25. The molecule has 1 saturated heterocycles. The van der Waals surface area contributed by atoms with Gasteiger partial charge in [-0.25, -0.2) is 0 Å². The molecule has 2 aromatic rings. The maximum absolute atomic E-state index is 5.97. The molecule has 0 aliphatic carbocycles. The summed E-state index contributed by atoms with van der Waals surface area (Å²) in [5.74, 6) is 0.563. The van der Waals surface area contributed by atoms with Gasteiger partial charge in [0.2, 0.25) is 0 Å². The van der Waals surface area contributed by atoms with Crippen molar-refractivity contribution in [2.75, 3.05) is 50.7 Å². The molecule has 156 valence electrons. The zero-order valence-electron chi connectivity index (χ0n) is 17.7. The van der Waals surface area contributed by atoms with Crippen molar-refractivity contribution in [1.29, 1.82) is 0 Å². The number of nitrogens with two attached hydrogens (primary N) is 1. The van der Waals surface area contributed by atoms with Gasteiger partial charge >= 0.3 is 0 Å². The second-order valence-corrected chi connectivity index (χ2v) is 7.80. The number of rotatable bonds is 9. The summed E-state index contributed by atoms with van der Waals surface area (Å²) in [6.45, 7) is 9.44. The van der Waals surface area contributed by atoms with Crippen LogP contribution in [0, 0.1) is 6.92 Å². The van der Waals surface area contributed by atoms with E-state index >= 15 is 0 Å². The van der Waals surface area contributed by atoms with Crippen LogP contribution in [0.15, 0.2) is 59.6 Å². The number of unbranched alkanes of at least 4 members (excludes halogenated alkanes) is 1. The molecule has 5 heteroatoms. The number of hydrogen-bond donors (Lipinski definition) is 2. The maximum Gasteiger partial charge on any atom is 0.188 e. The predicted molar refractivity (Wildman–Crippen MR) is 124 cm³/mol. The van der Waals surface area contributed by atoms with Gasteiger partial charge in [0, 0.05) is 45.0 Å². The van der Waals surface area contributed by atoms with Crippen LogP contribution in [0.25, 0.3) is 0 Å². The van der Waals surface area contributed by atoms with Gasteiger partial charge in [-0.3, -0.25) is 9.89 Å². The van der Waals surface area contributed by atoms with Gasteiger partial charge in [-0.05, 0) is 56.0 Å². The summed E-state index contributed by atoms with van der Waals surface area (Å²) in [7, 11) is 0. The average molecular weight is 394 g/mol. The normalized spacial score (nSPS) is 15.5. The van der Waals surface area contributed by atoms with Gasteiger partial charge < -0.3 is 16.0 Å². The van der Waals surface area contributed by atoms with Crippen LogP contribution in [0.3, 0.4) is 0 Å². The summed E-state index contributed by atoms with van der Waals surface area (Å²) >= 11 is 0. The molecule has 2 aromatic carbocycles. The summed E-state index contributed by atoms with van der Waals surface area (Å²) in [5.41, 5.74) is 9.97. The minimum Gasteiger partial charge on any atom is -0.370 e. The number of nitrogens with one attached hydrogen (secondary N) is 1. The average Bonchev–Trinajstić information content (AvgIpc) is 2.75. The standard InChI is InChI=1S/C24H35N5/c1-21-8-7-11-23(20-21)29-18-16-28(17-19-29)15-6-5-13-26-24(25)27-14-12-22-9-3-2-4-10-22/h2-4,7-11,20H,5-6,12-19H2,1H3,(H3,25,26,27). The van der Waals surface area contributed by atoms with Gasteiger partial charge in [-0.2, -0.15) is 0 Å². The molecule has 0 aromatic heterocycles. The van der Waals surface area contributed by atoms with Crippen molar-refractivity contribution in [3.8, 4) is 0 Å². The van der Waals surface area contributed by atoms with E-state index in [1.807, 2.05) is 6.07 Å². The van der Waals surface area contributed by atoms with Crippen molar-refractivity contribution in [3.05, 3.63) is 65.7 Å². The Hall–Kier alpha value is -2.53. The van der Waals surface area contributed by atoms with Crippen LogP contribution in [-0.2, 0) is 6.42 Å². The third-order valence-corrected chi connectivity index (χ3v) is 5.47. The van der Waals surface area contributed by atoms with E-state index in [4.69, 9.17) is 5.73 Å². The first kappa shape index (κ1) is 21.2. The molecule has 29 heavy (non-hydrogen) atoms. The molecule has 1 fully saturated rings. The number of piperazine rings is 1. The fourth-order valence-electron chi connectivity index (χ4n) is 3.74. The van der Waals surface area contributed by atoms with E-state index in [1.54, 1.807) is 0 Å². The summed E-state index contributed by atoms with van der Waals surface area (Å²) in [6.07, 6.45) is 3.22. The predicted octanol–water partition coefficient (Wildman–Crippen LogP) is 3.04. The monoisotopic (exact) mass is 393 g/mol. The number of anilines is 1. The number of benzene rings is 2. The Kier molecular flexibility index (Phi) is 8.38. The SMILES string of the molecule is Cc1cccc(N2CCN(CCCCN=C(N)NCCc3ccccc3)CC2)c1. The number of aliphatic imine (C=N–C) groups is 1. The molecule has 0 radical (unpaired) electrons. The minimum absolute atomic E-state index is 0.563. The van der Waals surface area contributed by atoms with E-state index in [0.29, 0.717) is 5.96 Å². The third-order valence-electron chi connectivity index (χ3n) is 5.47. The quantitative estimate of drug-likeness (QED) is 0.391. The van der Waals surface area contributed by atoms with Crippen molar-refractivity contribution in [3.63, 3.8) is 0 Å². The Bertz CT molecular complexity index is 751. The first-order chi connectivity index (χ1) is 14.2. The zero-order chi connectivity index (χ0) is 20.3. The van der Waals surface area contributed by atoms with E-state index in [0.717, 1.165) is 58.7 Å². The molecule has 3 N–H and O–H groups in total. The molecule has 0 bridgehead atoms. The fourth-order valence-corrected chi connectivity index (χ4v) is 3.74. The van der Waals surface area contributed by atoms with Crippen LogP contribution in [-0.4, -0.2) is 56.7 Å². The molecule has 0 spiro atoms. The van der Waals surface area contributed by atoms with Crippen molar-refractivity contribution in [2.24, 2.45) is 10.7 Å². The summed E-state index contributed by atoms with van der Waals surface area (Å²) < 4.78 is 0. The van der Waals surface area contributed by atoms with E-state index in [2.05, 4.69) is 75.6 Å². The van der Waals surface area contributed by atoms with E-state index in [1.165, 1.54) is 23.2 Å². The lowest BCUT2D eigenvalue weighted by atomic mass is 10.1. The summed E-state index contributed by atoms with van der Waals surface area (Å²) in [6, 6.07) is 19.3. The molecule has 3 rings (SSSR count). The van der Waals surface area contributed by atoms with Crippen molar-refractivity contribution in [1.82, 2.24) is 10.2 Å². The highest BCUT2D eigenvalue weighted by molar-refractivity contribution is 5.77. The lowest BCUT2D eigenvalue weighted by Gasteiger charge is -2.36. The summed E-state index contributed by atoms with van der Waals surface area (Å²) in [4.78, 5) is 9.52. The van der Waals surface area contributed by atoms with Crippen LogP contribution in [0.4, 0.5) is 5.69 Å². The molecule has 0 unspecified atom stereocenters. The topological polar surface area (TPSA) is 56.9 Å². The fraction of sp³-hybridized carbons (Fsp3) is 0.458. The van der Waals surface area contributed by atoms with Crippen LogP contribution in [0.1, 0.15) is 24.0 Å². The summed E-state index contributed by atoms with van der Waals surface area (Å²) in [5, 5.41) is 3.21. The molecule has 1 aliphatic rings. The Morgan fingerprint density at radius 2 is 1.79 bits per heavy atom. The van der Waals surface area contributed by atoms with Crippen molar-refractivity contribution >= 4 is 11.6 Å². The largest absolute Gasteiger partial charge is 0.370 e. The molecule has 1 heterocycles. The second kappa shape index (κ2) is 11.5. The highest BCUT2D eigenvalue weighted by atomic mass is 15.3. The van der Waals surface area contributed by atoms with Gasteiger partial charge in [-0.15, -0.1) is 0 Å². The number of hydrogen-bond acceptors (Lipinski definition) is 3. The third kappa shape index (κ3) is 7.42. The van der Waals surface area contributed by atoms with Crippen LogP contribution in [0.2, 0.25) is 0 Å². The van der Waals surface area contributed by atoms with E-state index in [9.17, 15) is 0 Å². The first-order valence-electron chi connectivity index (χ1n) is 10.8. The lowest BCUT2D eigenvalue weighted by molar-refractivity contribution is 0.253. The molecule has 0 amide bonds. The zero-order valence-corrected chi connectivity index (χ0v) is 17.7. The first-order valence-corrected chi connectivity index (χ1v) is 10.8. The highest BCUT2D eigenvalue weighted by Crippen LogP contribution is 2.17. The number of guanidine groups is 1. The molecule has 0 atom stereocenters. The van der Waals surface area contributed by atoms with Crippen LogP contribution < -0.4 is 16.0 Å². The van der Waals surface area contributed by atoms with Gasteiger partial charge in [0.15, 0.2) is 5.96 Å². The smallest absolute Gasteiger partial charge is 0.188 e. The van der Waals surface area contributed by atoms with Gasteiger partial charge in [0.25, 0.3) is 0 Å². The van der Waals surface area contributed by atoms with Gasteiger partial charge in [0.05, 0.1) is 0 Å². The molecule has 0 saturated carbocycles. The Labute approximate surface area is 175 Å². The number of nitrogens with zero attached hydrogens (tertiary/aromatic N) is 3. The van der Waals surface area contributed by atoms with Crippen molar-refractivity contribution < 1.29 is 0 Å². The maximum atomic E-state index is 5.97. The Morgan fingerprint density at radius 3 is 2.55 bits per heavy atom. The van der Waals surface area contributed by atoms with Gasteiger partial charge in [0.1, 0.15) is 0 Å². The Morgan fingerprint density at radius 1 is 1.00 bits per heavy atom. The molecular formula is C24H35N5. The van der Waals surface area contributed by atoms with Crippen LogP contribution in [0.5, 0.6) is 0 Å². The molecular weight excluding hydrogens is 358 g/mol. The molecule has 5 nitrogen and oxygen atoms in total. The highest BCUT2D eigenvalue weighted by Gasteiger charge is 2.16. The van der Waals surface area contributed by atoms with E-state index < -0.39 is 0 Å². The van der Waals surface area contributed by atoms with Crippen LogP contribution >= 0.6 is 0 Å². The molecule has 1 aliphatic heterocycles. The lowest BCUT2D eigenvalue weighted by Crippen LogP contribution is -2.46. The number of aryl methyl sites for hydroxylation is 1. The van der Waals surface area contributed by atoms with E-state index in [-0.39, 0.29) is 0 Å².